The number of ether oxygens (including phenoxy) is 3. The van der Waals surface area contributed by atoms with E-state index in [1.165, 1.54) is 23.1 Å². The highest BCUT2D eigenvalue weighted by Crippen LogP contribution is 2.37. The predicted octanol–water partition coefficient (Wildman–Crippen LogP) is 6.72. The van der Waals surface area contributed by atoms with Gasteiger partial charge in [0, 0.05) is 24.3 Å². The van der Waals surface area contributed by atoms with E-state index in [4.69, 9.17) is 19.2 Å². The fraction of sp³-hybridized carbons (Fsp3) is 0.318. The van der Waals surface area contributed by atoms with Crippen LogP contribution in [0.3, 0.4) is 0 Å². The lowest BCUT2D eigenvalue weighted by Crippen LogP contribution is -2.46. The van der Waals surface area contributed by atoms with Gasteiger partial charge in [0.1, 0.15) is 53.1 Å². The molecule has 0 saturated carbocycles. The number of nitrogens with one attached hydrogen (secondary N) is 2. The Morgan fingerprint density at radius 3 is 2.38 bits per heavy atom. The summed E-state index contributed by atoms with van der Waals surface area (Å²) in [5.74, 6) is -2.89. The number of pyridine rings is 1. The highest BCUT2D eigenvalue weighted by Gasteiger charge is 2.38. The summed E-state index contributed by atoms with van der Waals surface area (Å²) in [4.78, 5) is 65.3. The van der Waals surface area contributed by atoms with Crippen LogP contribution in [0.25, 0.3) is 11.4 Å². The zero-order valence-corrected chi connectivity index (χ0v) is 34.9. The first kappa shape index (κ1) is 41.5. The number of aromatic nitrogens is 3. The maximum absolute atomic E-state index is 15.8. The topological polar surface area (TPSA) is 157 Å². The van der Waals surface area contributed by atoms with Gasteiger partial charge in [-0.25, -0.2) is 18.7 Å². The second kappa shape index (κ2) is 17.8. The van der Waals surface area contributed by atoms with Crippen LogP contribution in [-0.2, 0) is 36.8 Å². The third-order valence-corrected chi connectivity index (χ3v) is 11.3. The molecule has 3 aromatic carbocycles. The smallest absolute Gasteiger partial charge is 0.326 e. The zero-order valence-electron chi connectivity index (χ0n) is 33.3. The van der Waals surface area contributed by atoms with Crippen LogP contribution in [0.2, 0.25) is 0 Å². The Labute approximate surface area is 358 Å². The Hall–Kier alpha value is -6.20. The van der Waals surface area contributed by atoms with Gasteiger partial charge in [-0.1, -0.05) is 30.3 Å². The van der Waals surface area contributed by atoms with Crippen LogP contribution in [0.15, 0.2) is 88.3 Å². The maximum atomic E-state index is 15.8. The maximum Gasteiger partial charge on any atom is 0.326 e. The summed E-state index contributed by atoms with van der Waals surface area (Å²) in [6.07, 6.45) is -0.430. The first-order valence-electron chi connectivity index (χ1n) is 20.0. The van der Waals surface area contributed by atoms with Gasteiger partial charge in [0.25, 0.3) is 11.5 Å². The molecule has 3 atom stereocenters. The van der Waals surface area contributed by atoms with Crippen LogP contribution in [0.4, 0.5) is 25.8 Å². The van der Waals surface area contributed by atoms with Crippen molar-refractivity contribution in [2.24, 2.45) is 0 Å². The second-order valence-corrected chi connectivity index (χ2v) is 15.5. The number of rotatable bonds is 11. The van der Waals surface area contributed by atoms with Crippen molar-refractivity contribution >= 4 is 50.8 Å². The van der Waals surface area contributed by atoms with Crippen molar-refractivity contribution in [3.63, 3.8) is 0 Å². The van der Waals surface area contributed by atoms with E-state index in [2.05, 4.69) is 36.4 Å². The predicted molar refractivity (Wildman–Crippen MR) is 225 cm³/mol. The number of anilines is 3. The number of carbonyl (C=O) groups excluding carboxylic acids is 3. The molecule has 1 amide bonds. The highest BCUT2D eigenvalue weighted by molar-refractivity contribution is 9.10. The van der Waals surface area contributed by atoms with Crippen LogP contribution in [0.5, 0.6) is 0 Å². The van der Waals surface area contributed by atoms with E-state index in [-0.39, 0.29) is 47.6 Å². The Morgan fingerprint density at radius 1 is 0.885 bits per heavy atom. The summed E-state index contributed by atoms with van der Waals surface area (Å²) in [7, 11) is 0. The average molecular weight is 899 g/mol. The number of hydrogen-bond acceptors (Lipinski definition) is 12. The second-order valence-electron chi connectivity index (χ2n) is 14.7. The van der Waals surface area contributed by atoms with Crippen molar-refractivity contribution in [3.05, 3.63) is 134 Å². The Kier molecular flexibility index (Phi) is 12.1. The van der Waals surface area contributed by atoms with Crippen molar-refractivity contribution in [3.8, 4) is 11.4 Å². The molecule has 0 spiro atoms. The molecule has 316 valence electrons. The highest BCUT2D eigenvalue weighted by atomic mass is 79.9. The molecule has 3 unspecified atom stereocenters. The van der Waals surface area contributed by atoms with Crippen molar-refractivity contribution < 1.29 is 37.4 Å². The van der Waals surface area contributed by atoms with Crippen LogP contribution >= 0.6 is 15.9 Å². The largest absolute Gasteiger partial charge is 0.465 e. The number of carbonyl (C=O) groups is 3. The van der Waals surface area contributed by atoms with E-state index in [0.717, 1.165) is 15.8 Å². The van der Waals surface area contributed by atoms with E-state index in [9.17, 15) is 23.6 Å². The Bertz CT molecular complexity index is 2560. The number of esters is 2. The summed E-state index contributed by atoms with van der Waals surface area (Å²) < 4.78 is 48.8. The zero-order chi connectivity index (χ0) is 42.8. The molecule has 1 fully saturated rings. The quantitative estimate of drug-likeness (QED) is 0.107. The lowest BCUT2D eigenvalue weighted by Gasteiger charge is -2.38. The van der Waals surface area contributed by atoms with Crippen molar-refractivity contribution in [2.75, 3.05) is 55.0 Å². The molecule has 0 radical (unpaired) electrons. The summed E-state index contributed by atoms with van der Waals surface area (Å²) in [6.45, 7) is 4.17. The number of hydrogen-bond donors (Lipinski definition) is 2. The fourth-order valence-corrected chi connectivity index (χ4v) is 8.26. The number of morpholine rings is 1. The van der Waals surface area contributed by atoms with Gasteiger partial charge in [-0.3, -0.25) is 23.7 Å². The molecule has 1 saturated heterocycles. The van der Waals surface area contributed by atoms with Gasteiger partial charge in [-0.2, -0.15) is 0 Å². The van der Waals surface area contributed by atoms with Crippen molar-refractivity contribution in [1.82, 2.24) is 19.4 Å². The molecule has 3 aliphatic rings. The standard InChI is InChI=1S/C44H42BrF2N7O7/c1-3-59-37(55)23-53-41(28-7-5-6-8-30(28)46)49-33-16-15-32(48-39(33)43(53)57)25-9-12-27(13-10-25)52-19-20-61-35(22-52)26-11-14-31(47)29(21-26)42-50-34-17-18-36(45)51-40(34)44(58)54(42)24-38(56)60-4-2/h5-14,17-18,21,32,35,42,48,50H,3-4,15-16,19-20,22-24H2,1-2H3. The molecule has 8 rings (SSSR count). The van der Waals surface area contributed by atoms with E-state index >= 15 is 4.39 Å². The fourth-order valence-electron chi connectivity index (χ4n) is 7.96. The third-order valence-electron chi connectivity index (χ3n) is 10.9. The number of halogens is 3. The van der Waals surface area contributed by atoms with Gasteiger partial charge < -0.3 is 34.6 Å². The van der Waals surface area contributed by atoms with E-state index < -0.39 is 60.4 Å². The van der Waals surface area contributed by atoms with Crippen molar-refractivity contribution in [2.45, 2.75) is 51.5 Å². The molecule has 2 aromatic heterocycles. The molecule has 5 aromatic rings. The molecule has 3 aliphatic heterocycles. The first-order chi connectivity index (χ1) is 29.5. The number of fused-ring (bicyclic) bond motifs is 2. The van der Waals surface area contributed by atoms with Crippen LogP contribution in [-0.4, -0.2) is 76.7 Å². The number of aryl methyl sites for hydroxylation is 1. The minimum Gasteiger partial charge on any atom is -0.465 e. The molecule has 61 heavy (non-hydrogen) atoms. The molecule has 5 heterocycles. The van der Waals surface area contributed by atoms with Gasteiger partial charge >= 0.3 is 11.9 Å². The minimum absolute atomic E-state index is 0.0637. The Balaban J connectivity index is 1.01. The normalized spacial score (nSPS) is 18.4. The monoisotopic (exact) mass is 897 g/mol. The summed E-state index contributed by atoms with van der Waals surface area (Å²) >= 11 is 3.30. The number of nitrogens with zero attached hydrogens (tertiary/aromatic N) is 5. The molecule has 0 bridgehead atoms. The molecule has 14 nitrogen and oxygen atoms in total. The summed E-state index contributed by atoms with van der Waals surface area (Å²) in [5, 5.41) is 6.55. The molecule has 0 aliphatic carbocycles. The molecular formula is C44H42BrF2N7O7. The van der Waals surface area contributed by atoms with Crippen LogP contribution in [0.1, 0.15) is 71.5 Å². The van der Waals surface area contributed by atoms with Gasteiger partial charge in [-0.15, -0.1) is 0 Å². The summed E-state index contributed by atoms with van der Waals surface area (Å²) in [6, 6.07) is 21.7. The first-order valence-corrected chi connectivity index (χ1v) is 20.8. The van der Waals surface area contributed by atoms with Crippen LogP contribution in [0, 0.1) is 11.6 Å². The lowest BCUT2D eigenvalue weighted by atomic mass is 9.96. The SMILES string of the molecule is CCOC(=O)CN1C(=O)c2nc(Br)ccc2NC1c1cc(C2CN(c3ccc(C4CCc5nc(-c6ccccc6F)n(CC(=O)OCC)c(=O)c5N4)cc3)CCO2)ccc1F. The number of amides is 1. The van der Waals surface area contributed by atoms with Gasteiger partial charge in [-0.05, 0) is 102 Å². The van der Waals surface area contributed by atoms with E-state index in [1.54, 1.807) is 50.2 Å². The van der Waals surface area contributed by atoms with Gasteiger partial charge in [0.2, 0.25) is 0 Å². The van der Waals surface area contributed by atoms with Gasteiger partial charge in [0.15, 0.2) is 5.69 Å². The lowest BCUT2D eigenvalue weighted by molar-refractivity contribution is -0.145. The Morgan fingerprint density at radius 2 is 1.62 bits per heavy atom. The van der Waals surface area contributed by atoms with Gasteiger partial charge in [0.05, 0.1) is 42.8 Å². The molecule has 17 heteroatoms. The third kappa shape index (κ3) is 8.57. The van der Waals surface area contributed by atoms with E-state index in [0.29, 0.717) is 54.1 Å². The number of benzene rings is 3. The minimum atomic E-state index is -1.04. The molecular weight excluding hydrogens is 856 g/mol. The average Bonchev–Trinajstić information content (AvgIpc) is 3.26. The van der Waals surface area contributed by atoms with Crippen molar-refractivity contribution in [1.29, 1.82) is 0 Å². The van der Waals surface area contributed by atoms with Crippen LogP contribution < -0.4 is 21.1 Å². The van der Waals surface area contributed by atoms with E-state index in [1.807, 2.05) is 24.3 Å². The molecule has 2 N–H and O–H groups in total. The summed E-state index contributed by atoms with van der Waals surface area (Å²) in [5.41, 5.74) is 3.57.